The van der Waals surface area contributed by atoms with Crippen LogP contribution in [0.5, 0.6) is 0 Å². The maximum atomic E-state index is 13.0. The molecule has 1 unspecified atom stereocenters. The number of likely N-dealkylation sites (N-methyl/N-ethyl adjacent to an activating group) is 1. The molecule has 4 nitrogen and oxygen atoms in total. The second-order valence-electron chi connectivity index (χ2n) is 7.38. The Morgan fingerprint density at radius 3 is 2.48 bits per heavy atom. The molecule has 0 aliphatic rings. The minimum atomic E-state index is -0.314. The lowest BCUT2D eigenvalue weighted by Gasteiger charge is -2.17. The Bertz CT molecular complexity index is 974. The fourth-order valence-corrected chi connectivity index (χ4v) is 3.91. The molecule has 0 saturated carbocycles. The van der Waals surface area contributed by atoms with Gasteiger partial charge < -0.3 is 14.6 Å². The number of carbonyl (C=O) groups excluding carboxylic acids is 1. The average Bonchev–Trinajstić information content (AvgIpc) is 3.04. The van der Waals surface area contributed by atoms with Crippen LogP contribution >= 0.6 is 15.9 Å². The number of nitrogens with zero attached hydrogens (tertiary/aromatic N) is 1. The van der Waals surface area contributed by atoms with Gasteiger partial charge in [-0.1, -0.05) is 48.0 Å². The van der Waals surface area contributed by atoms with E-state index in [2.05, 4.69) is 57.9 Å². The van der Waals surface area contributed by atoms with Crippen LogP contribution in [0.1, 0.15) is 54.1 Å². The van der Waals surface area contributed by atoms with Crippen LogP contribution in [-0.2, 0) is 11.2 Å². The molecule has 1 N–H and O–H groups in total. The highest BCUT2D eigenvalue weighted by Crippen LogP contribution is 2.27. The van der Waals surface area contributed by atoms with Crippen molar-refractivity contribution >= 4 is 32.8 Å². The highest BCUT2D eigenvalue weighted by atomic mass is 79.9. The topological polar surface area (TPSA) is 45.3 Å². The van der Waals surface area contributed by atoms with Crippen LogP contribution in [0.15, 0.2) is 46.9 Å². The second-order valence-corrected chi connectivity index (χ2v) is 8.30. The van der Waals surface area contributed by atoms with Gasteiger partial charge in [-0.25, -0.2) is 4.79 Å². The molecule has 0 amide bonds. The molecule has 3 aromatic rings. The number of ether oxygens (including phenoxy) is 1. The molecule has 1 aromatic heterocycles. The zero-order chi connectivity index (χ0) is 21.0. The Hall–Kier alpha value is -2.11. The van der Waals surface area contributed by atoms with E-state index in [1.54, 1.807) is 0 Å². The Morgan fingerprint density at radius 1 is 1.14 bits per heavy atom. The zero-order valence-corrected chi connectivity index (χ0v) is 19.2. The number of fused-ring (bicyclic) bond motifs is 1. The number of halogens is 1. The number of aromatic amines is 1. The molecule has 5 heteroatoms. The summed E-state index contributed by atoms with van der Waals surface area (Å²) >= 11 is 3.44. The van der Waals surface area contributed by atoms with E-state index in [0.717, 1.165) is 52.7 Å². The summed E-state index contributed by atoms with van der Waals surface area (Å²) in [5.74, 6) is -0.287. The van der Waals surface area contributed by atoms with E-state index in [9.17, 15) is 4.79 Å². The molecule has 0 bridgehead atoms. The largest absolute Gasteiger partial charge is 0.454 e. The van der Waals surface area contributed by atoms with Crippen LogP contribution in [0.4, 0.5) is 0 Å². The van der Waals surface area contributed by atoms with Gasteiger partial charge in [0.2, 0.25) is 0 Å². The van der Waals surface area contributed by atoms with Gasteiger partial charge in [-0.15, -0.1) is 0 Å². The number of aryl methyl sites for hydroxylation is 1. The zero-order valence-electron chi connectivity index (χ0n) is 17.6. The first-order valence-electron chi connectivity index (χ1n) is 10.2. The summed E-state index contributed by atoms with van der Waals surface area (Å²) in [5, 5.41) is 0.938. The maximum absolute atomic E-state index is 13.0. The van der Waals surface area contributed by atoms with Gasteiger partial charge in [-0.05, 0) is 68.8 Å². The number of aromatic nitrogens is 1. The second kappa shape index (κ2) is 9.59. The van der Waals surface area contributed by atoms with Crippen LogP contribution in [0.3, 0.4) is 0 Å². The lowest BCUT2D eigenvalue weighted by molar-refractivity contribution is 0.0339. The van der Waals surface area contributed by atoms with Gasteiger partial charge in [0.15, 0.2) is 0 Å². The SMILES string of the molecule is CCN(CC)CCc1ccc2[nH]c(C)c(C(=O)OC(C)c3ccc(Br)cc3)c2c1. The number of H-pyrrole nitrogens is 1. The highest BCUT2D eigenvalue weighted by molar-refractivity contribution is 9.10. The first-order valence-corrected chi connectivity index (χ1v) is 11.0. The fourth-order valence-electron chi connectivity index (χ4n) is 3.64. The summed E-state index contributed by atoms with van der Waals surface area (Å²) in [5.41, 5.74) is 4.65. The molecular weight excluding hydrogens is 428 g/mol. The summed E-state index contributed by atoms with van der Waals surface area (Å²) in [6, 6.07) is 14.2. The summed E-state index contributed by atoms with van der Waals surface area (Å²) in [7, 11) is 0. The first-order chi connectivity index (χ1) is 13.9. The summed E-state index contributed by atoms with van der Waals surface area (Å²) in [4.78, 5) is 18.7. The maximum Gasteiger partial charge on any atom is 0.341 e. The van der Waals surface area contributed by atoms with Crippen LogP contribution in [-0.4, -0.2) is 35.5 Å². The van der Waals surface area contributed by atoms with Crippen molar-refractivity contribution < 1.29 is 9.53 Å². The smallest absolute Gasteiger partial charge is 0.341 e. The average molecular weight is 457 g/mol. The van der Waals surface area contributed by atoms with Crippen molar-refractivity contribution in [3.8, 4) is 0 Å². The van der Waals surface area contributed by atoms with Crippen molar-refractivity contribution in [3.05, 3.63) is 69.3 Å². The van der Waals surface area contributed by atoms with Crippen LogP contribution in [0.25, 0.3) is 10.9 Å². The number of nitrogens with one attached hydrogen (secondary N) is 1. The fraction of sp³-hybridized carbons (Fsp3) is 0.375. The molecule has 154 valence electrons. The number of hydrogen-bond donors (Lipinski definition) is 1. The number of benzene rings is 2. The lowest BCUT2D eigenvalue weighted by Crippen LogP contribution is -2.25. The van der Waals surface area contributed by atoms with Gasteiger partial charge in [0, 0.05) is 27.6 Å². The molecule has 1 atom stereocenters. The summed E-state index contributed by atoms with van der Waals surface area (Å²) in [6.45, 7) is 11.3. The number of carbonyl (C=O) groups is 1. The third kappa shape index (κ3) is 5.09. The van der Waals surface area contributed by atoms with Gasteiger partial charge in [0.05, 0.1) is 5.56 Å². The van der Waals surface area contributed by atoms with Gasteiger partial charge >= 0.3 is 5.97 Å². The Kier molecular flexibility index (Phi) is 7.14. The number of rotatable bonds is 8. The van der Waals surface area contributed by atoms with E-state index < -0.39 is 0 Å². The van der Waals surface area contributed by atoms with Crippen molar-refractivity contribution in [2.24, 2.45) is 0 Å². The van der Waals surface area contributed by atoms with E-state index in [-0.39, 0.29) is 12.1 Å². The molecule has 29 heavy (non-hydrogen) atoms. The van der Waals surface area contributed by atoms with Gasteiger partial charge in [-0.2, -0.15) is 0 Å². The predicted octanol–water partition coefficient (Wildman–Crippen LogP) is 6.04. The number of esters is 1. The molecule has 0 aliphatic heterocycles. The quantitative estimate of drug-likeness (QED) is 0.420. The van der Waals surface area contributed by atoms with Gasteiger partial charge in [-0.3, -0.25) is 0 Å². The number of hydrogen-bond acceptors (Lipinski definition) is 3. The normalized spacial score (nSPS) is 12.5. The third-order valence-corrected chi connectivity index (χ3v) is 6.02. The third-order valence-electron chi connectivity index (χ3n) is 5.49. The summed E-state index contributed by atoms with van der Waals surface area (Å²) < 4.78 is 6.80. The monoisotopic (exact) mass is 456 g/mol. The summed E-state index contributed by atoms with van der Waals surface area (Å²) in [6.07, 6.45) is 0.650. The van der Waals surface area contributed by atoms with E-state index in [1.807, 2.05) is 38.1 Å². The van der Waals surface area contributed by atoms with Crippen molar-refractivity contribution in [1.82, 2.24) is 9.88 Å². The Morgan fingerprint density at radius 2 is 1.83 bits per heavy atom. The van der Waals surface area contributed by atoms with Crippen LogP contribution < -0.4 is 0 Å². The molecule has 1 heterocycles. The minimum Gasteiger partial charge on any atom is -0.454 e. The van der Waals surface area contributed by atoms with Gasteiger partial charge in [0.1, 0.15) is 6.10 Å². The minimum absolute atomic E-state index is 0.287. The molecule has 3 rings (SSSR count). The van der Waals surface area contributed by atoms with Crippen molar-refractivity contribution in [2.45, 2.75) is 40.2 Å². The molecule has 0 saturated heterocycles. The molecule has 0 aliphatic carbocycles. The van der Waals surface area contributed by atoms with Crippen LogP contribution in [0.2, 0.25) is 0 Å². The first kappa shape index (κ1) is 21.6. The van der Waals surface area contributed by atoms with E-state index in [0.29, 0.717) is 5.56 Å². The Labute approximate surface area is 181 Å². The predicted molar refractivity (Wildman–Crippen MR) is 123 cm³/mol. The highest BCUT2D eigenvalue weighted by Gasteiger charge is 2.20. The molecule has 0 spiro atoms. The van der Waals surface area contributed by atoms with E-state index in [1.165, 1.54) is 5.56 Å². The Balaban J connectivity index is 1.81. The van der Waals surface area contributed by atoms with Crippen LogP contribution in [0, 0.1) is 6.92 Å². The molecule has 0 fully saturated rings. The van der Waals surface area contributed by atoms with Crippen molar-refractivity contribution in [3.63, 3.8) is 0 Å². The van der Waals surface area contributed by atoms with Crippen molar-refractivity contribution in [1.29, 1.82) is 0 Å². The van der Waals surface area contributed by atoms with Crippen molar-refractivity contribution in [2.75, 3.05) is 19.6 Å². The molecule has 2 aromatic carbocycles. The molecular formula is C24H29BrN2O2. The molecule has 0 radical (unpaired) electrons. The van der Waals surface area contributed by atoms with Gasteiger partial charge in [0.25, 0.3) is 0 Å². The van der Waals surface area contributed by atoms with E-state index >= 15 is 0 Å². The lowest BCUT2D eigenvalue weighted by atomic mass is 10.1. The van der Waals surface area contributed by atoms with E-state index in [4.69, 9.17) is 4.74 Å². The standard InChI is InChI=1S/C24H29BrN2O2/c1-5-27(6-2)14-13-18-7-12-22-21(15-18)23(16(3)26-22)24(28)29-17(4)19-8-10-20(25)11-9-19/h7-12,15,17,26H,5-6,13-14H2,1-4H3.